The molecule has 2 N–H and O–H groups in total. The summed E-state index contributed by atoms with van der Waals surface area (Å²) in [5.41, 5.74) is 1.82. The van der Waals surface area contributed by atoms with E-state index in [9.17, 15) is 4.79 Å². The van der Waals surface area contributed by atoms with Gasteiger partial charge in [0.15, 0.2) is 6.73 Å². The van der Waals surface area contributed by atoms with Crippen LogP contribution in [-0.2, 0) is 0 Å². The predicted octanol–water partition coefficient (Wildman–Crippen LogP) is 4.31. The van der Waals surface area contributed by atoms with Crippen LogP contribution in [0.25, 0.3) is 0 Å². The normalized spacial score (nSPS) is 10.0. The van der Waals surface area contributed by atoms with E-state index in [1.165, 1.54) is 0 Å². The van der Waals surface area contributed by atoms with Crippen molar-refractivity contribution in [1.82, 2.24) is 5.32 Å². The Hall–Kier alpha value is -2.21. The Kier molecular flexibility index (Phi) is 6.29. The van der Waals surface area contributed by atoms with Crippen LogP contribution in [-0.4, -0.2) is 19.4 Å². The summed E-state index contributed by atoms with van der Waals surface area (Å²) in [4.78, 5) is 11.8. The number of hydrogen-bond donors (Lipinski definition) is 2. The molecule has 2 amide bonds. The molecule has 0 aromatic heterocycles. The molecule has 2 aromatic rings. The SMILES string of the molecule is CCOc1ccc(OCNC(=O)Nc2ccc(C)cc2Br)cc1. The van der Waals surface area contributed by atoms with Gasteiger partial charge in [0, 0.05) is 4.47 Å². The third kappa shape index (κ3) is 5.49. The number of urea groups is 1. The van der Waals surface area contributed by atoms with Crippen LogP contribution in [0, 0.1) is 6.92 Å². The minimum absolute atomic E-state index is 0.0727. The second-order valence-corrected chi connectivity index (χ2v) is 5.66. The van der Waals surface area contributed by atoms with Gasteiger partial charge in [-0.1, -0.05) is 6.07 Å². The highest BCUT2D eigenvalue weighted by atomic mass is 79.9. The van der Waals surface area contributed by atoms with Gasteiger partial charge in [-0.25, -0.2) is 4.79 Å². The molecular formula is C17H19BrN2O3. The summed E-state index contributed by atoms with van der Waals surface area (Å²) in [7, 11) is 0. The monoisotopic (exact) mass is 378 g/mol. The number of aryl methyl sites for hydroxylation is 1. The zero-order valence-electron chi connectivity index (χ0n) is 13.1. The van der Waals surface area contributed by atoms with Crippen molar-refractivity contribution in [3.05, 3.63) is 52.5 Å². The molecule has 2 aromatic carbocycles. The summed E-state index contributed by atoms with van der Waals surface area (Å²) in [6.07, 6.45) is 0. The lowest BCUT2D eigenvalue weighted by atomic mass is 10.2. The van der Waals surface area contributed by atoms with E-state index < -0.39 is 0 Å². The number of halogens is 1. The average molecular weight is 379 g/mol. The van der Waals surface area contributed by atoms with Crippen LogP contribution in [0.5, 0.6) is 11.5 Å². The Bertz CT molecular complexity index is 659. The molecule has 0 aliphatic rings. The molecule has 0 radical (unpaired) electrons. The first kappa shape index (κ1) is 17.1. The van der Waals surface area contributed by atoms with E-state index in [0.29, 0.717) is 18.0 Å². The van der Waals surface area contributed by atoms with E-state index in [1.807, 2.05) is 44.2 Å². The highest BCUT2D eigenvalue weighted by molar-refractivity contribution is 9.10. The summed E-state index contributed by atoms with van der Waals surface area (Å²) in [5.74, 6) is 1.44. The Morgan fingerprint density at radius 1 is 1.09 bits per heavy atom. The van der Waals surface area contributed by atoms with E-state index >= 15 is 0 Å². The summed E-state index contributed by atoms with van der Waals surface area (Å²) in [5, 5.41) is 5.39. The first-order chi connectivity index (χ1) is 11.1. The van der Waals surface area contributed by atoms with Crippen LogP contribution in [0.2, 0.25) is 0 Å². The third-order valence-corrected chi connectivity index (χ3v) is 3.64. The van der Waals surface area contributed by atoms with Crippen LogP contribution in [0.4, 0.5) is 10.5 Å². The molecule has 0 atom stereocenters. The summed E-state index contributed by atoms with van der Waals surface area (Å²) >= 11 is 3.41. The average Bonchev–Trinajstić information content (AvgIpc) is 2.52. The van der Waals surface area contributed by atoms with Gasteiger partial charge in [0.25, 0.3) is 0 Å². The second-order valence-electron chi connectivity index (χ2n) is 4.81. The van der Waals surface area contributed by atoms with Crippen LogP contribution >= 0.6 is 15.9 Å². The number of rotatable bonds is 6. The van der Waals surface area contributed by atoms with Crippen LogP contribution in [0.15, 0.2) is 46.9 Å². The Morgan fingerprint density at radius 2 is 1.74 bits per heavy atom. The van der Waals surface area contributed by atoms with E-state index in [1.54, 1.807) is 12.1 Å². The van der Waals surface area contributed by atoms with Gasteiger partial charge in [-0.2, -0.15) is 0 Å². The van der Waals surface area contributed by atoms with Crippen LogP contribution in [0.1, 0.15) is 12.5 Å². The summed E-state index contributed by atoms with van der Waals surface area (Å²) in [6.45, 7) is 4.61. The number of hydrogen-bond acceptors (Lipinski definition) is 3. The fraction of sp³-hybridized carbons (Fsp3) is 0.235. The van der Waals surface area contributed by atoms with Gasteiger partial charge in [-0.05, 0) is 71.7 Å². The standard InChI is InChI=1S/C17H19BrN2O3/c1-3-22-13-5-7-14(8-6-13)23-11-19-17(21)20-16-9-4-12(2)10-15(16)18/h4-10H,3,11H2,1-2H3,(H2,19,20,21). The van der Waals surface area contributed by atoms with Crippen molar-refractivity contribution in [2.75, 3.05) is 18.7 Å². The molecule has 0 aliphatic heterocycles. The van der Waals surface area contributed by atoms with E-state index in [2.05, 4.69) is 26.6 Å². The van der Waals surface area contributed by atoms with Crippen molar-refractivity contribution >= 4 is 27.6 Å². The Morgan fingerprint density at radius 3 is 2.35 bits per heavy atom. The number of benzene rings is 2. The van der Waals surface area contributed by atoms with E-state index in [4.69, 9.17) is 9.47 Å². The minimum atomic E-state index is -0.333. The largest absolute Gasteiger partial charge is 0.494 e. The molecule has 0 heterocycles. The number of amides is 2. The zero-order valence-corrected chi connectivity index (χ0v) is 14.6. The topological polar surface area (TPSA) is 59.6 Å². The predicted molar refractivity (Wildman–Crippen MR) is 94.1 cm³/mol. The lowest BCUT2D eigenvalue weighted by Crippen LogP contribution is -2.32. The number of carbonyl (C=O) groups excluding carboxylic acids is 1. The van der Waals surface area contributed by atoms with Gasteiger partial charge in [-0.15, -0.1) is 0 Å². The molecule has 6 heteroatoms. The third-order valence-electron chi connectivity index (χ3n) is 2.98. The first-order valence-electron chi connectivity index (χ1n) is 7.25. The molecule has 23 heavy (non-hydrogen) atoms. The number of carbonyl (C=O) groups is 1. The molecule has 0 unspecified atom stereocenters. The summed E-state index contributed by atoms with van der Waals surface area (Å²) in [6, 6.07) is 12.6. The van der Waals surface area contributed by atoms with Crippen molar-refractivity contribution in [1.29, 1.82) is 0 Å². The van der Waals surface area contributed by atoms with Gasteiger partial charge >= 0.3 is 6.03 Å². The highest BCUT2D eigenvalue weighted by Gasteiger charge is 2.05. The molecule has 0 saturated carbocycles. The number of ether oxygens (including phenoxy) is 2. The molecular weight excluding hydrogens is 360 g/mol. The highest BCUT2D eigenvalue weighted by Crippen LogP contribution is 2.23. The fourth-order valence-corrected chi connectivity index (χ4v) is 2.46. The van der Waals surface area contributed by atoms with Crippen molar-refractivity contribution in [2.24, 2.45) is 0 Å². The molecule has 0 bridgehead atoms. The lowest BCUT2D eigenvalue weighted by Gasteiger charge is -2.11. The second kappa shape index (κ2) is 8.43. The van der Waals surface area contributed by atoms with Crippen molar-refractivity contribution in [2.45, 2.75) is 13.8 Å². The zero-order chi connectivity index (χ0) is 16.7. The van der Waals surface area contributed by atoms with E-state index in [0.717, 1.165) is 15.8 Å². The van der Waals surface area contributed by atoms with Crippen molar-refractivity contribution in [3.8, 4) is 11.5 Å². The van der Waals surface area contributed by atoms with Crippen molar-refractivity contribution < 1.29 is 14.3 Å². The first-order valence-corrected chi connectivity index (χ1v) is 8.04. The minimum Gasteiger partial charge on any atom is -0.494 e. The summed E-state index contributed by atoms with van der Waals surface area (Å²) < 4.78 is 11.6. The quantitative estimate of drug-likeness (QED) is 0.736. The van der Waals surface area contributed by atoms with Gasteiger partial charge in [0.05, 0.1) is 12.3 Å². The Labute approximate surface area is 144 Å². The molecule has 5 nitrogen and oxygen atoms in total. The smallest absolute Gasteiger partial charge is 0.321 e. The number of anilines is 1. The molecule has 0 saturated heterocycles. The fourth-order valence-electron chi connectivity index (χ4n) is 1.87. The Balaban J connectivity index is 1.78. The van der Waals surface area contributed by atoms with Gasteiger partial charge < -0.3 is 20.1 Å². The molecule has 0 fully saturated rings. The van der Waals surface area contributed by atoms with E-state index in [-0.39, 0.29) is 12.8 Å². The molecule has 0 aliphatic carbocycles. The van der Waals surface area contributed by atoms with Crippen molar-refractivity contribution in [3.63, 3.8) is 0 Å². The lowest BCUT2D eigenvalue weighted by molar-refractivity contribution is 0.234. The molecule has 122 valence electrons. The van der Waals surface area contributed by atoms with Crippen LogP contribution < -0.4 is 20.1 Å². The number of nitrogens with one attached hydrogen (secondary N) is 2. The molecule has 0 spiro atoms. The maximum Gasteiger partial charge on any atom is 0.321 e. The van der Waals surface area contributed by atoms with Gasteiger partial charge in [-0.3, -0.25) is 0 Å². The maximum absolute atomic E-state index is 11.8. The maximum atomic E-state index is 11.8. The molecule has 2 rings (SSSR count). The van der Waals surface area contributed by atoms with Crippen LogP contribution in [0.3, 0.4) is 0 Å². The van der Waals surface area contributed by atoms with Gasteiger partial charge in [0.2, 0.25) is 0 Å². The van der Waals surface area contributed by atoms with Gasteiger partial charge in [0.1, 0.15) is 11.5 Å².